The molecule has 0 heterocycles. The average molecular weight is 306 g/mol. The quantitative estimate of drug-likeness (QED) is 0.930. The van der Waals surface area contributed by atoms with Crippen LogP contribution in [0.3, 0.4) is 0 Å². The molecule has 0 aliphatic rings. The Morgan fingerprint density at radius 2 is 1.88 bits per heavy atom. The van der Waals surface area contributed by atoms with Gasteiger partial charge in [0.25, 0.3) is 0 Å². The van der Waals surface area contributed by atoms with E-state index in [1.165, 1.54) is 6.26 Å². The molecule has 0 spiro atoms. The molecule has 0 radical (unpaired) electrons. The number of sulfone groups is 1. The van der Waals surface area contributed by atoms with Gasteiger partial charge in [0.15, 0.2) is 9.84 Å². The third-order valence-corrected chi connectivity index (χ3v) is 3.57. The van der Waals surface area contributed by atoms with Gasteiger partial charge in [-0.15, -0.1) is 0 Å². The summed E-state index contributed by atoms with van der Waals surface area (Å²) in [5.41, 5.74) is 6.48. The summed E-state index contributed by atoms with van der Waals surface area (Å²) in [6, 6.07) is 5.17. The van der Waals surface area contributed by atoms with Gasteiger partial charge >= 0.3 is 0 Å². The van der Waals surface area contributed by atoms with Gasteiger partial charge < -0.3 is 5.73 Å². The van der Waals surface area contributed by atoms with Crippen LogP contribution in [0.15, 0.2) is 27.6 Å². The fourth-order valence-corrected chi connectivity index (χ4v) is 2.86. The maximum absolute atomic E-state index is 11.5. The van der Waals surface area contributed by atoms with Crippen LogP contribution >= 0.6 is 15.9 Å². The number of benzene rings is 1. The van der Waals surface area contributed by atoms with Gasteiger partial charge in [-0.3, -0.25) is 0 Å². The molecule has 0 aromatic heterocycles. The minimum atomic E-state index is -3.17. The highest BCUT2D eigenvalue weighted by Crippen LogP contribution is 2.21. The van der Waals surface area contributed by atoms with Gasteiger partial charge in [-0.05, 0) is 44.0 Å². The fourth-order valence-electron chi connectivity index (χ4n) is 1.46. The summed E-state index contributed by atoms with van der Waals surface area (Å²) in [7, 11) is -3.17. The lowest BCUT2D eigenvalue weighted by Crippen LogP contribution is -2.34. The number of nitrogens with two attached hydrogens (primary N) is 1. The van der Waals surface area contributed by atoms with Gasteiger partial charge in [0.05, 0.1) is 4.90 Å². The predicted octanol–water partition coefficient (Wildman–Crippen LogP) is 2.13. The Labute approximate surface area is 105 Å². The lowest BCUT2D eigenvalue weighted by molar-refractivity contribution is 0.516. The van der Waals surface area contributed by atoms with Crippen LogP contribution in [-0.4, -0.2) is 20.2 Å². The summed E-state index contributed by atoms with van der Waals surface area (Å²) in [5, 5.41) is 0. The molecule has 1 rings (SSSR count). The molecule has 0 saturated heterocycles. The molecule has 0 atom stereocenters. The molecule has 0 amide bonds. The van der Waals surface area contributed by atoms with Crippen molar-refractivity contribution in [3.8, 4) is 0 Å². The third-order valence-electron chi connectivity index (χ3n) is 2.02. The molecule has 2 N–H and O–H groups in total. The van der Waals surface area contributed by atoms with E-state index in [-0.39, 0.29) is 5.54 Å². The zero-order valence-corrected chi connectivity index (χ0v) is 12.0. The predicted molar refractivity (Wildman–Crippen MR) is 69.2 cm³/mol. The highest BCUT2D eigenvalue weighted by atomic mass is 79.9. The Kier molecular flexibility index (Phi) is 3.82. The molecule has 0 saturated carbocycles. The summed E-state index contributed by atoms with van der Waals surface area (Å²) in [4.78, 5) is 0.320. The van der Waals surface area contributed by atoms with Crippen molar-refractivity contribution in [2.75, 3.05) is 6.26 Å². The summed E-state index contributed by atoms with van der Waals surface area (Å²) >= 11 is 3.31. The number of rotatable bonds is 3. The molecule has 0 aliphatic carbocycles. The van der Waals surface area contributed by atoms with Crippen molar-refractivity contribution in [2.45, 2.75) is 30.7 Å². The van der Waals surface area contributed by atoms with E-state index in [0.717, 1.165) is 10.0 Å². The number of halogens is 1. The van der Waals surface area contributed by atoms with Crippen LogP contribution in [0.4, 0.5) is 0 Å². The van der Waals surface area contributed by atoms with Gasteiger partial charge in [0.1, 0.15) is 0 Å². The molecule has 0 fully saturated rings. The highest BCUT2D eigenvalue weighted by Gasteiger charge is 2.15. The van der Waals surface area contributed by atoms with E-state index in [1.807, 2.05) is 19.9 Å². The summed E-state index contributed by atoms with van der Waals surface area (Å²) in [5.74, 6) is 0. The molecule has 0 unspecified atom stereocenters. The Bertz CT molecular complexity index is 489. The molecule has 3 nitrogen and oxygen atoms in total. The Balaban J connectivity index is 3.19. The highest BCUT2D eigenvalue weighted by molar-refractivity contribution is 9.10. The lowest BCUT2D eigenvalue weighted by atomic mass is 9.96. The first-order chi connectivity index (χ1) is 7.08. The van der Waals surface area contributed by atoms with E-state index in [9.17, 15) is 8.42 Å². The van der Waals surface area contributed by atoms with Crippen LogP contribution in [0.2, 0.25) is 0 Å². The first-order valence-electron chi connectivity index (χ1n) is 4.86. The molecule has 16 heavy (non-hydrogen) atoms. The van der Waals surface area contributed by atoms with Crippen LogP contribution in [0.25, 0.3) is 0 Å². The maximum Gasteiger partial charge on any atom is 0.175 e. The summed E-state index contributed by atoms with van der Waals surface area (Å²) in [6.07, 6.45) is 1.83. The first-order valence-corrected chi connectivity index (χ1v) is 7.55. The zero-order chi connectivity index (χ0) is 12.6. The van der Waals surface area contributed by atoms with Crippen LogP contribution in [0, 0.1) is 0 Å². The minimum absolute atomic E-state index is 0.320. The monoisotopic (exact) mass is 305 g/mol. The second-order valence-corrected chi connectivity index (χ2v) is 7.66. The maximum atomic E-state index is 11.5. The SMILES string of the molecule is CC(C)(N)Cc1cc(Br)cc(S(C)(=O)=O)c1. The molecular weight excluding hydrogens is 290 g/mol. The van der Waals surface area contributed by atoms with E-state index < -0.39 is 9.84 Å². The molecule has 1 aromatic carbocycles. The third kappa shape index (κ3) is 4.23. The van der Waals surface area contributed by atoms with Crippen LogP contribution < -0.4 is 5.73 Å². The Morgan fingerprint density at radius 1 is 1.31 bits per heavy atom. The van der Waals surface area contributed by atoms with E-state index in [4.69, 9.17) is 5.73 Å². The summed E-state index contributed by atoms with van der Waals surface area (Å²) < 4.78 is 23.7. The Morgan fingerprint density at radius 3 is 2.31 bits per heavy atom. The molecule has 0 bridgehead atoms. The average Bonchev–Trinajstić information content (AvgIpc) is 1.97. The zero-order valence-electron chi connectivity index (χ0n) is 9.62. The summed E-state index contributed by atoms with van der Waals surface area (Å²) in [6.45, 7) is 3.82. The van der Waals surface area contributed by atoms with Crippen molar-refractivity contribution < 1.29 is 8.42 Å². The standard InChI is InChI=1S/C11H16BrNO2S/c1-11(2,13)7-8-4-9(12)6-10(5-8)16(3,14)15/h4-6H,7,13H2,1-3H3. The van der Waals surface area contributed by atoms with Crippen molar-refractivity contribution in [1.82, 2.24) is 0 Å². The number of hydrogen-bond acceptors (Lipinski definition) is 3. The van der Waals surface area contributed by atoms with Gasteiger partial charge in [0.2, 0.25) is 0 Å². The molecule has 5 heteroatoms. The van der Waals surface area contributed by atoms with Gasteiger partial charge in [-0.2, -0.15) is 0 Å². The van der Waals surface area contributed by atoms with Gasteiger partial charge in [-0.1, -0.05) is 15.9 Å². The number of hydrogen-bond donors (Lipinski definition) is 1. The largest absolute Gasteiger partial charge is 0.325 e. The molecule has 1 aromatic rings. The molecular formula is C11H16BrNO2S. The van der Waals surface area contributed by atoms with E-state index in [1.54, 1.807) is 12.1 Å². The van der Waals surface area contributed by atoms with Crippen LogP contribution in [0.1, 0.15) is 19.4 Å². The van der Waals surface area contributed by atoms with Crippen molar-refractivity contribution in [3.63, 3.8) is 0 Å². The molecule has 90 valence electrons. The second-order valence-electron chi connectivity index (χ2n) is 4.73. The van der Waals surface area contributed by atoms with E-state index in [0.29, 0.717) is 11.3 Å². The fraction of sp³-hybridized carbons (Fsp3) is 0.455. The minimum Gasteiger partial charge on any atom is -0.325 e. The van der Waals surface area contributed by atoms with Crippen LogP contribution in [-0.2, 0) is 16.3 Å². The lowest BCUT2D eigenvalue weighted by Gasteiger charge is -2.18. The van der Waals surface area contributed by atoms with E-state index in [2.05, 4.69) is 15.9 Å². The van der Waals surface area contributed by atoms with Crippen molar-refractivity contribution in [3.05, 3.63) is 28.2 Å². The van der Waals surface area contributed by atoms with Crippen LogP contribution in [0.5, 0.6) is 0 Å². The van der Waals surface area contributed by atoms with Crippen molar-refractivity contribution in [1.29, 1.82) is 0 Å². The smallest absolute Gasteiger partial charge is 0.175 e. The second kappa shape index (κ2) is 4.47. The normalized spacial score (nSPS) is 12.8. The van der Waals surface area contributed by atoms with E-state index >= 15 is 0 Å². The Hall–Kier alpha value is -0.390. The first kappa shape index (κ1) is 13.7. The van der Waals surface area contributed by atoms with Gasteiger partial charge in [0, 0.05) is 16.3 Å². The van der Waals surface area contributed by atoms with Crippen molar-refractivity contribution >= 4 is 25.8 Å². The topological polar surface area (TPSA) is 60.2 Å². The molecule has 0 aliphatic heterocycles. The van der Waals surface area contributed by atoms with Gasteiger partial charge in [-0.25, -0.2) is 8.42 Å². The van der Waals surface area contributed by atoms with Crippen molar-refractivity contribution in [2.24, 2.45) is 5.73 Å².